The van der Waals surface area contributed by atoms with Gasteiger partial charge in [-0.2, -0.15) is 0 Å². The summed E-state index contributed by atoms with van der Waals surface area (Å²) in [5, 5.41) is 0. The number of benzene rings is 1. The van der Waals surface area contributed by atoms with E-state index in [0.717, 1.165) is 29.9 Å². The Morgan fingerprint density at radius 3 is 2.47 bits per heavy atom. The minimum atomic E-state index is -0.0857. The molecule has 0 saturated heterocycles. The van der Waals surface area contributed by atoms with Gasteiger partial charge < -0.3 is 9.47 Å². The van der Waals surface area contributed by atoms with Crippen LogP contribution in [-0.2, 0) is 5.41 Å². The number of methoxy groups -OCH3 is 2. The summed E-state index contributed by atoms with van der Waals surface area (Å²) in [6.45, 7) is 0. The van der Waals surface area contributed by atoms with E-state index in [9.17, 15) is 0 Å². The van der Waals surface area contributed by atoms with Gasteiger partial charge in [-0.25, -0.2) is 0 Å². The average molecular weight is 202 g/mol. The maximum absolute atomic E-state index is 5.56. The summed E-state index contributed by atoms with van der Waals surface area (Å²) in [5.41, 5.74) is 1.02. The van der Waals surface area contributed by atoms with E-state index in [4.69, 9.17) is 15.9 Å². The molecule has 2 nitrogen and oxygen atoms in total. The Labute approximate surface area is 90.2 Å². The van der Waals surface area contributed by atoms with Crippen LogP contribution in [0.1, 0.15) is 18.4 Å². The second kappa shape index (κ2) is 3.51. The Bertz CT molecular complexity index is 411. The quantitative estimate of drug-likeness (QED) is 0.700. The first-order valence-corrected chi connectivity index (χ1v) is 4.96. The smallest absolute Gasteiger partial charge is 0.127 e. The van der Waals surface area contributed by atoms with Crippen molar-refractivity contribution < 1.29 is 9.47 Å². The molecular formula is C13H14O2. The molecule has 0 N–H and O–H groups in total. The molecule has 0 aliphatic heterocycles. The number of hydrogen-bond donors (Lipinski definition) is 0. The van der Waals surface area contributed by atoms with Crippen molar-refractivity contribution in [2.45, 2.75) is 18.3 Å². The molecule has 1 fully saturated rings. The van der Waals surface area contributed by atoms with E-state index in [2.05, 4.69) is 5.92 Å². The van der Waals surface area contributed by atoms with Crippen molar-refractivity contribution in [3.05, 3.63) is 23.8 Å². The van der Waals surface area contributed by atoms with Crippen molar-refractivity contribution in [1.29, 1.82) is 0 Å². The van der Waals surface area contributed by atoms with E-state index < -0.39 is 0 Å². The van der Waals surface area contributed by atoms with Gasteiger partial charge in [0.25, 0.3) is 0 Å². The second-order valence-corrected chi connectivity index (χ2v) is 3.79. The van der Waals surface area contributed by atoms with Crippen LogP contribution in [0, 0.1) is 12.3 Å². The first-order valence-electron chi connectivity index (χ1n) is 4.96. The first kappa shape index (κ1) is 9.92. The second-order valence-electron chi connectivity index (χ2n) is 3.79. The van der Waals surface area contributed by atoms with E-state index in [1.54, 1.807) is 14.2 Å². The molecule has 78 valence electrons. The van der Waals surface area contributed by atoms with Crippen LogP contribution < -0.4 is 9.47 Å². The van der Waals surface area contributed by atoms with Crippen LogP contribution in [0.25, 0.3) is 0 Å². The van der Waals surface area contributed by atoms with Gasteiger partial charge in [-0.1, -0.05) is 12.0 Å². The molecule has 0 bridgehead atoms. The molecule has 0 amide bonds. The lowest BCUT2D eigenvalue weighted by Gasteiger charge is -2.14. The molecule has 0 unspecified atom stereocenters. The van der Waals surface area contributed by atoms with Gasteiger partial charge in [0.05, 0.1) is 19.6 Å². The van der Waals surface area contributed by atoms with Gasteiger partial charge in [-0.15, -0.1) is 6.42 Å². The zero-order chi connectivity index (χ0) is 10.9. The summed E-state index contributed by atoms with van der Waals surface area (Å²) in [7, 11) is 3.30. The highest BCUT2D eigenvalue weighted by Crippen LogP contribution is 2.51. The molecule has 0 radical (unpaired) electrons. The molecule has 1 aliphatic rings. The fourth-order valence-electron chi connectivity index (χ4n) is 1.81. The third-order valence-corrected chi connectivity index (χ3v) is 2.95. The van der Waals surface area contributed by atoms with Gasteiger partial charge in [0, 0.05) is 11.6 Å². The highest BCUT2D eigenvalue weighted by atomic mass is 16.5. The van der Waals surface area contributed by atoms with Crippen molar-refractivity contribution >= 4 is 0 Å². The van der Waals surface area contributed by atoms with Gasteiger partial charge in [0.2, 0.25) is 0 Å². The number of terminal acetylenes is 1. The molecule has 1 aromatic carbocycles. The Balaban J connectivity index is 2.45. The standard InChI is InChI=1S/C13H14O2/c1-4-13(7-8-13)11-6-5-10(14-2)9-12(11)15-3/h1,5-6,9H,7-8H2,2-3H3. The zero-order valence-corrected chi connectivity index (χ0v) is 9.04. The minimum Gasteiger partial charge on any atom is -0.497 e. The van der Waals surface area contributed by atoms with Crippen LogP contribution in [0.15, 0.2) is 18.2 Å². The molecule has 2 heteroatoms. The lowest BCUT2D eigenvalue weighted by atomic mass is 9.96. The normalized spacial score (nSPS) is 16.6. The molecular weight excluding hydrogens is 188 g/mol. The number of rotatable bonds is 3. The molecule has 1 aliphatic carbocycles. The van der Waals surface area contributed by atoms with Gasteiger partial charge >= 0.3 is 0 Å². The summed E-state index contributed by atoms with van der Waals surface area (Å²) in [6, 6.07) is 5.81. The lowest BCUT2D eigenvalue weighted by Crippen LogP contribution is -2.05. The van der Waals surface area contributed by atoms with Crippen LogP contribution in [0.4, 0.5) is 0 Å². The zero-order valence-electron chi connectivity index (χ0n) is 9.04. The highest BCUT2D eigenvalue weighted by Gasteiger charge is 2.44. The Morgan fingerprint density at radius 1 is 1.27 bits per heavy atom. The predicted octanol–water partition coefficient (Wildman–Crippen LogP) is 2.37. The fourth-order valence-corrected chi connectivity index (χ4v) is 1.81. The van der Waals surface area contributed by atoms with Gasteiger partial charge in [-0.05, 0) is 18.9 Å². The fraction of sp³-hybridized carbons (Fsp3) is 0.385. The van der Waals surface area contributed by atoms with Gasteiger partial charge in [0.1, 0.15) is 11.5 Å². The Morgan fingerprint density at radius 2 is 2.00 bits per heavy atom. The van der Waals surface area contributed by atoms with E-state index in [1.165, 1.54) is 0 Å². The molecule has 1 aromatic rings. The summed E-state index contributed by atoms with van der Waals surface area (Å²) < 4.78 is 10.5. The maximum Gasteiger partial charge on any atom is 0.127 e. The molecule has 2 rings (SSSR count). The first-order chi connectivity index (χ1) is 7.25. The molecule has 1 saturated carbocycles. The van der Waals surface area contributed by atoms with Crippen LogP contribution in [-0.4, -0.2) is 14.2 Å². The van der Waals surface area contributed by atoms with Crippen molar-refractivity contribution in [3.63, 3.8) is 0 Å². The summed E-state index contributed by atoms with van der Waals surface area (Å²) >= 11 is 0. The van der Waals surface area contributed by atoms with E-state index >= 15 is 0 Å². The van der Waals surface area contributed by atoms with Crippen molar-refractivity contribution in [2.24, 2.45) is 0 Å². The highest BCUT2D eigenvalue weighted by molar-refractivity contribution is 5.51. The summed E-state index contributed by atoms with van der Waals surface area (Å²) in [6.07, 6.45) is 7.65. The third kappa shape index (κ3) is 1.55. The van der Waals surface area contributed by atoms with E-state index in [-0.39, 0.29) is 5.41 Å². The van der Waals surface area contributed by atoms with E-state index in [1.807, 2.05) is 18.2 Å². The topological polar surface area (TPSA) is 18.5 Å². The van der Waals surface area contributed by atoms with Gasteiger partial charge in [0.15, 0.2) is 0 Å². The third-order valence-electron chi connectivity index (χ3n) is 2.95. The Hall–Kier alpha value is -1.62. The lowest BCUT2D eigenvalue weighted by molar-refractivity contribution is 0.389. The molecule has 0 aromatic heterocycles. The van der Waals surface area contributed by atoms with Crippen molar-refractivity contribution in [2.75, 3.05) is 14.2 Å². The van der Waals surface area contributed by atoms with Crippen LogP contribution in [0.3, 0.4) is 0 Å². The average Bonchev–Trinajstić information content (AvgIpc) is 3.09. The van der Waals surface area contributed by atoms with Crippen LogP contribution in [0.2, 0.25) is 0 Å². The van der Waals surface area contributed by atoms with Crippen molar-refractivity contribution in [3.8, 4) is 23.8 Å². The minimum absolute atomic E-state index is 0.0857. The predicted molar refractivity (Wildman–Crippen MR) is 59.3 cm³/mol. The number of hydrogen-bond acceptors (Lipinski definition) is 2. The molecule has 15 heavy (non-hydrogen) atoms. The Kier molecular flexibility index (Phi) is 2.32. The van der Waals surface area contributed by atoms with Gasteiger partial charge in [-0.3, -0.25) is 0 Å². The SMILES string of the molecule is C#CC1(c2ccc(OC)cc2OC)CC1. The van der Waals surface area contributed by atoms with Crippen LogP contribution in [0.5, 0.6) is 11.5 Å². The monoisotopic (exact) mass is 202 g/mol. The molecule has 0 atom stereocenters. The summed E-state index contributed by atoms with van der Waals surface area (Å²) in [5.74, 6) is 4.48. The molecule has 0 heterocycles. The molecule has 0 spiro atoms. The number of ether oxygens (including phenoxy) is 2. The largest absolute Gasteiger partial charge is 0.497 e. The maximum atomic E-state index is 5.56. The van der Waals surface area contributed by atoms with Crippen LogP contribution >= 0.6 is 0 Å². The van der Waals surface area contributed by atoms with Crippen molar-refractivity contribution in [1.82, 2.24) is 0 Å². The van der Waals surface area contributed by atoms with E-state index in [0.29, 0.717) is 0 Å². The summed E-state index contributed by atoms with van der Waals surface area (Å²) in [4.78, 5) is 0.